The SMILES string of the molecule is [2H]C1([2H])N(c2nc3ccc(Br)cc3c(C(=O)NCC(CCC(=O)O)c3ccccc3C(F)(F)F)c2C)C([2H])([2H])C([2H])([2H])C1([2H])[2H]. The van der Waals surface area contributed by atoms with Crippen LogP contribution in [0.3, 0.4) is 0 Å². The molecule has 1 aliphatic heterocycles. The molecule has 10 heteroatoms. The molecule has 1 amide bonds. The number of rotatable bonds is 8. The molecule has 3 aromatic rings. The van der Waals surface area contributed by atoms with E-state index in [0.717, 1.165) is 6.07 Å². The van der Waals surface area contributed by atoms with Crippen molar-refractivity contribution in [2.75, 3.05) is 24.4 Å². The zero-order valence-corrected chi connectivity index (χ0v) is 21.0. The highest BCUT2D eigenvalue weighted by atomic mass is 79.9. The molecule has 37 heavy (non-hydrogen) atoms. The summed E-state index contributed by atoms with van der Waals surface area (Å²) >= 11 is 3.29. The second kappa shape index (κ2) is 11.1. The molecule has 6 nitrogen and oxygen atoms in total. The molecule has 2 heterocycles. The van der Waals surface area contributed by atoms with Crippen molar-refractivity contribution in [3.8, 4) is 0 Å². The van der Waals surface area contributed by atoms with Gasteiger partial charge in [0.05, 0.1) is 16.6 Å². The summed E-state index contributed by atoms with van der Waals surface area (Å²) in [5.74, 6) is -3.80. The minimum atomic E-state index is -4.76. The van der Waals surface area contributed by atoms with Gasteiger partial charge in [0.2, 0.25) is 0 Å². The molecular formula is C27H27BrF3N3O3. The van der Waals surface area contributed by atoms with Crippen LogP contribution in [-0.2, 0) is 11.0 Å². The Bertz CT molecular complexity index is 1650. The molecule has 0 saturated carbocycles. The Labute approximate surface area is 232 Å². The number of nitrogens with one attached hydrogen (secondary N) is 1. The van der Waals surface area contributed by atoms with E-state index in [-0.39, 0.29) is 38.9 Å². The second-order valence-corrected chi connectivity index (χ2v) is 9.25. The van der Waals surface area contributed by atoms with Crippen molar-refractivity contribution in [3.63, 3.8) is 0 Å². The van der Waals surface area contributed by atoms with Gasteiger partial charge >= 0.3 is 12.1 Å². The molecule has 0 spiro atoms. The summed E-state index contributed by atoms with van der Waals surface area (Å²) in [5, 5.41) is 11.9. The molecule has 0 aliphatic carbocycles. The number of hydrogen-bond acceptors (Lipinski definition) is 4. The van der Waals surface area contributed by atoms with E-state index in [9.17, 15) is 27.9 Å². The third-order valence-corrected chi connectivity index (χ3v) is 6.42. The van der Waals surface area contributed by atoms with Gasteiger partial charge in [0.1, 0.15) is 5.82 Å². The van der Waals surface area contributed by atoms with Crippen LogP contribution in [0.1, 0.15) is 69.5 Å². The summed E-state index contributed by atoms with van der Waals surface area (Å²) in [4.78, 5) is 29.7. The molecule has 1 atom stereocenters. The van der Waals surface area contributed by atoms with E-state index in [4.69, 9.17) is 11.0 Å². The molecule has 196 valence electrons. The number of nitrogens with zero attached hydrogens (tertiary/aromatic N) is 2. The summed E-state index contributed by atoms with van der Waals surface area (Å²) in [5.41, 5.74) is -1.54. The molecule has 1 aromatic heterocycles. The average Bonchev–Trinajstić information content (AvgIpc) is 2.99. The lowest BCUT2D eigenvalue weighted by Crippen LogP contribution is -2.31. The standard InChI is InChI=1S/C27H27BrF3N3O3/c1-16-24(20-14-18(28)9-10-22(20)33-25(16)34-12-4-5-13-34)26(37)32-15-17(8-11-23(35)36)19-6-2-3-7-21(19)27(29,30)31/h2-3,6-7,9-10,14,17H,4-5,8,11-13,15H2,1H3,(H,32,37)(H,35,36)/i4D2,5D2,12D2,13D2. The number of aliphatic carboxylic acids is 1. The van der Waals surface area contributed by atoms with Crippen molar-refractivity contribution in [1.29, 1.82) is 0 Å². The second-order valence-electron chi connectivity index (χ2n) is 8.33. The highest BCUT2D eigenvalue weighted by Gasteiger charge is 2.35. The van der Waals surface area contributed by atoms with Gasteiger partial charge in [-0.15, -0.1) is 0 Å². The molecule has 0 radical (unpaired) electrons. The molecule has 2 aromatic carbocycles. The van der Waals surface area contributed by atoms with Gasteiger partial charge in [0.25, 0.3) is 5.91 Å². The van der Waals surface area contributed by atoms with Crippen LogP contribution in [0.2, 0.25) is 0 Å². The molecule has 0 bridgehead atoms. The Hall–Kier alpha value is -3.14. The smallest absolute Gasteiger partial charge is 0.416 e. The third kappa shape index (κ3) is 6.06. The Balaban J connectivity index is 1.84. The fourth-order valence-electron chi connectivity index (χ4n) is 4.21. The number of alkyl halides is 3. The zero-order chi connectivity index (χ0) is 33.9. The summed E-state index contributed by atoms with van der Waals surface area (Å²) < 4.78 is 108. The quantitative estimate of drug-likeness (QED) is 0.324. The van der Waals surface area contributed by atoms with E-state index in [0.29, 0.717) is 4.47 Å². The number of benzene rings is 2. The number of carbonyl (C=O) groups excluding carboxylic acids is 1. The minimum Gasteiger partial charge on any atom is -0.481 e. The summed E-state index contributed by atoms with van der Waals surface area (Å²) in [6.07, 6.45) is -12.3. The normalized spacial score (nSPS) is 23.3. The lowest BCUT2D eigenvalue weighted by Gasteiger charge is -2.24. The first kappa shape index (κ1) is 18.2. The zero-order valence-electron chi connectivity index (χ0n) is 27.4. The number of pyridine rings is 1. The van der Waals surface area contributed by atoms with Crippen molar-refractivity contribution in [2.24, 2.45) is 0 Å². The van der Waals surface area contributed by atoms with E-state index >= 15 is 0 Å². The topological polar surface area (TPSA) is 82.5 Å². The summed E-state index contributed by atoms with van der Waals surface area (Å²) in [6.45, 7) is -5.74. The Morgan fingerprint density at radius 1 is 1.22 bits per heavy atom. The van der Waals surface area contributed by atoms with Crippen LogP contribution in [0.25, 0.3) is 10.9 Å². The predicted molar refractivity (Wildman–Crippen MR) is 139 cm³/mol. The lowest BCUT2D eigenvalue weighted by molar-refractivity contribution is -0.138. The number of halogens is 4. The maximum Gasteiger partial charge on any atom is 0.416 e. The van der Waals surface area contributed by atoms with Crippen LogP contribution in [0.5, 0.6) is 0 Å². The summed E-state index contributed by atoms with van der Waals surface area (Å²) in [6, 6.07) is 9.02. The highest BCUT2D eigenvalue weighted by Crippen LogP contribution is 2.37. The molecule has 1 saturated heterocycles. The van der Waals surface area contributed by atoms with Crippen LogP contribution in [-0.4, -0.2) is 41.5 Å². The van der Waals surface area contributed by atoms with E-state index in [2.05, 4.69) is 26.2 Å². The highest BCUT2D eigenvalue weighted by molar-refractivity contribution is 9.10. The Morgan fingerprint density at radius 2 is 1.92 bits per heavy atom. The number of carbonyl (C=O) groups is 2. The fourth-order valence-corrected chi connectivity index (χ4v) is 4.57. The number of hydrogen-bond donors (Lipinski definition) is 2. The van der Waals surface area contributed by atoms with Crippen molar-refractivity contribution >= 4 is 44.5 Å². The Kier molecular flexibility index (Phi) is 5.44. The first-order valence-electron chi connectivity index (χ1n) is 15.1. The molecule has 2 N–H and O–H groups in total. The molecule has 1 aliphatic rings. The van der Waals surface area contributed by atoms with Gasteiger partial charge in [-0.2, -0.15) is 13.2 Å². The van der Waals surface area contributed by atoms with Crippen LogP contribution in [0, 0.1) is 6.92 Å². The van der Waals surface area contributed by atoms with Crippen molar-refractivity contribution in [1.82, 2.24) is 10.3 Å². The van der Waals surface area contributed by atoms with Gasteiger partial charge in [0.15, 0.2) is 0 Å². The first-order valence-corrected chi connectivity index (χ1v) is 11.9. The average molecular weight is 586 g/mol. The number of fused-ring (bicyclic) bond motifs is 1. The maximum atomic E-state index is 13.8. The van der Waals surface area contributed by atoms with Crippen LogP contribution in [0.15, 0.2) is 46.9 Å². The minimum absolute atomic E-state index is 0.0356. The number of carboxylic acid groups (broad SMARTS) is 1. The van der Waals surface area contributed by atoms with E-state index in [1.165, 1.54) is 43.3 Å². The predicted octanol–water partition coefficient (Wildman–Crippen LogP) is 6.30. The van der Waals surface area contributed by atoms with Gasteiger partial charge < -0.3 is 15.3 Å². The maximum absolute atomic E-state index is 13.8. The van der Waals surface area contributed by atoms with Gasteiger partial charge in [-0.3, -0.25) is 9.59 Å². The lowest BCUT2D eigenvalue weighted by atomic mass is 9.89. The molecule has 4 rings (SSSR count). The van der Waals surface area contributed by atoms with Gasteiger partial charge in [0, 0.05) is 58.3 Å². The van der Waals surface area contributed by atoms with Crippen molar-refractivity contribution in [2.45, 2.75) is 44.6 Å². The van der Waals surface area contributed by atoms with E-state index in [1.807, 2.05) is 0 Å². The van der Waals surface area contributed by atoms with Gasteiger partial charge in [-0.1, -0.05) is 34.1 Å². The van der Waals surface area contributed by atoms with Crippen LogP contribution < -0.4 is 10.2 Å². The van der Waals surface area contributed by atoms with Crippen molar-refractivity contribution < 1.29 is 38.8 Å². The van der Waals surface area contributed by atoms with Crippen LogP contribution in [0.4, 0.5) is 19.0 Å². The number of amides is 1. The molecule has 1 fully saturated rings. The van der Waals surface area contributed by atoms with Gasteiger partial charge in [-0.05, 0) is 55.9 Å². The first-order chi connectivity index (χ1) is 20.6. The molecular weight excluding hydrogens is 551 g/mol. The van der Waals surface area contributed by atoms with Crippen molar-refractivity contribution in [3.05, 3.63) is 69.2 Å². The van der Waals surface area contributed by atoms with Crippen LogP contribution >= 0.6 is 15.9 Å². The monoisotopic (exact) mass is 585 g/mol. The third-order valence-electron chi connectivity index (χ3n) is 5.92. The number of anilines is 1. The Morgan fingerprint density at radius 3 is 2.59 bits per heavy atom. The van der Waals surface area contributed by atoms with E-state index < -0.39 is 74.1 Å². The summed E-state index contributed by atoms with van der Waals surface area (Å²) in [7, 11) is 0. The fraction of sp³-hybridized carbons (Fsp3) is 0.370. The largest absolute Gasteiger partial charge is 0.481 e. The number of carboxylic acids is 1. The van der Waals surface area contributed by atoms with Gasteiger partial charge in [-0.25, -0.2) is 4.98 Å². The number of aromatic nitrogens is 1. The molecule has 1 unspecified atom stereocenters. The van der Waals surface area contributed by atoms with E-state index in [1.54, 1.807) is 0 Å².